The Labute approximate surface area is 121 Å². The lowest BCUT2D eigenvalue weighted by Crippen LogP contribution is -2.45. The molecule has 1 aliphatic rings. The predicted molar refractivity (Wildman–Crippen MR) is 76.4 cm³/mol. The topological polar surface area (TPSA) is 55.1 Å². The minimum Gasteiger partial charge on any atom is -0.345 e. The fourth-order valence-corrected chi connectivity index (χ4v) is 2.64. The van der Waals surface area contributed by atoms with Crippen LogP contribution < -0.4 is 11.1 Å². The number of carbonyl (C=O) groups is 1. The van der Waals surface area contributed by atoms with E-state index in [-0.39, 0.29) is 5.91 Å². The predicted octanol–water partition coefficient (Wildman–Crippen LogP) is 2.15. The minimum absolute atomic E-state index is 0.263. The second kappa shape index (κ2) is 6.10. The van der Waals surface area contributed by atoms with Crippen LogP contribution in [0, 0.1) is 11.6 Å². The average molecular weight is 300 g/mol. The lowest BCUT2D eigenvalue weighted by atomic mass is 10.0. The number of nitrogens with two attached hydrogens (primary N) is 1. The number of amides is 1. The first kappa shape index (κ1) is 15.3. The van der Waals surface area contributed by atoms with Crippen LogP contribution in [0.15, 0.2) is 18.2 Å². The van der Waals surface area contributed by atoms with E-state index in [1.54, 1.807) is 11.8 Å². The third kappa shape index (κ3) is 3.49. The molecule has 0 radical (unpaired) electrons. The van der Waals surface area contributed by atoms with Gasteiger partial charge in [-0.1, -0.05) is 0 Å². The Kier molecular flexibility index (Phi) is 4.65. The largest absolute Gasteiger partial charge is 0.345 e. The van der Waals surface area contributed by atoms with Crippen molar-refractivity contribution in [3.63, 3.8) is 0 Å². The van der Waals surface area contributed by atoms with Crippen LogP contribution in [-0.2, 0) is 10.3 Å². The molecule has 110 valence electrons. The Hall–Kier alpha value is -1.14. The fourth-order valence-electron chi connectivity index (χ4n) is 2.15. The Morgan fingerprint density at radius 2 is 2.00 bits per heavy atom. The second-order valence-corrected chi connectivity index (χ2v) is 6.10. The van der Waals surface area contributed by atoms with Crippen LogP contribution in [0.2, 0.25) is 0 Å². The highest BCUT2D eigenvalue weighted by Gasteiger charge is 2.46. The maximum absolute atomic E-state index is 13.3. The zero-order chi connectivity index (χ0) is 14.8. The molecule has 0 spiro atoms. The molecular formula is C14H18F2N2OS. The summed E-state index contributed by atoms with van der Waals surface area (Å²) < 4.78 is 26.5. The molecule has 0 heterocycles. The monoisotopic (exact) mass is 300 g/mol. The van der Waals surface area contributed by atoms with Gasteiger partial charge in [0, 0.05) is 6.07 Å². The molecule has 1 saturated carbocycles. The Balaban J connectivity index is 2.06. The summed E-state index contributed by atoms with van der Waals surface area (Å²) in [4.78, 5) is 12.0. The smallest absolute Gasteiger partial charge is 0.237 e. The summed E-state index contributed by atoms with van der Waals surface area (Å²) in [7, 11) is 0. The maximum atomic E-state index is 13.3. The van der Waals surface area contributed by atoms with Gasteiger partial charge in [-0.3, -0.25) is 4.79 Å². The quantitative estimate of drug-likeness (QED) is 0.846. The number of hydrogen-bond acceptors (Lipinski definition) is 3. The lowest BCUT2D eigenvalue weighted by Gasteiger charge is -2.21. The van der Waals surface area contributed by atoms with Crippen molar-refractivity contribution in [2.45, 2.75) is 30.8 Å². The van der Waals surface area contributed by atoms with Gasteiger partial charge in [0.1, 0.15) is 11.6 Å². The van der Waals surface area contributed by atoms with Crippen LogP contribution in [0.5, 0.6) is 0 Å². The van der Waals surface area contributed by atoms with E-state index in [0.29, 0.717) is 24.8 Å². The van der Waals surface area contributed by atoms with Crippen molar-refractivity contribution in [2.24, 2.45) is 5.73 Å². The molecule has 0 saturated heterocycles. The van der Waals surface area contributed by atoms with Crippen LogP contribution in [0.25, 0.3) is 0 Å². The molecule has 3 nitrogen and oxygen atoms in total. The van der Waals surface area contributed by atoms with Crippen LogP contribution in [0.3, 0.4) is 0 Å². The second-order valence-electron chi connectivity index (χ2n) is 5.12. The van der Waals surface area contributed by atoms with E-state index in [0.717, 1.165) is 11.8 Å². The van der Waals surface area contributed by atoms with Crippen molar-refractivity contribution in [2.75, 3.05) is 12.0 Å². The Bertz CT molecular complexity index is 486. The van der Waals surface area contributed by atoms with Crippen molar-refractivity contribution in [1.82, 2.24) is 5.32 Å². The molecule has 6 heteroatoms. The summed E-state index contributed by atoms with van der Waals surface area (Å²) in [5.41, 5.74) is 5.63. The van der Waals surface area contributed by atoms with E-state index in [9.17, 15) is 13.6 Å². The molecule has 0 unspecified atom stereocenters. The molecule has 1 aromatic carbocycles. The van der Waals surface area contributed by atoms with Gasteiger partial charge in [-0.05, 0) is 49.0 Å². The molecule has 1 atom stereocenters. The Morgan fingerprint density at radius 1 is 1.40 bits per heavy atom. The van der Waals surface area contributed by atoms with E-state index in [2.05, 4.69) is 5.32 Å². The van der Waals surface area contributed by atoms with Crippen LogP contribution >= 0.6 is 11.8 Å². The average Bonchev–Trinajstić information content (AvgIpc) is 3.15. The number of rotatable bonds is 6. The van der Waals surface area contributed by atoms with Gasteiger partial charge >= 0.3 is 0 Å². The highest BCUT2D eigenvalue weighted by Crippen LogP contribution is 2.45. The molecule has 1 aliphatic carbocycles. The first-order chi connectivity index (χ1) is 9.47. The summed E-state index contributed by atoms with van der Waals surface area (Å²) in [6, 6.07) is 2.78. The summed E-state index contributed by atoms with van der Waals surface area (Å²) in [6.45, 7) is 0. The molecule has 3 N–H and O–H groups in total. The van der Waals surface area contributed by atoms with Crippen molar-refractivity contribution in [1.29, 1.82) is 0 Å². The molecule has 0 aromatic heterocycles. The van der Waals surface area contributed by atoms with Gasteiger partial charge in [0.15, 0.2) is 0 Å². The van der Waals surface area contributed by atoms with Crippen LogP contribution in [0.1, 0.15) is 24.8 Å². The van der Waals surface area contributed by atoms with Crippen molar-refractivity contribution in [3.05, 3.63) is 35.4 Å². The highest BCUT2D eigenvalue weighted by molar-refractivity contribution is 7.98. The number of hydrogen-bond donors (Lipinski definition) is 2. The number of thioether (sulfide) groups is 1. The third-order valence-corrected chi connectivity index (χ3v) is 4.14. The molecule has 0 bridgehead atoms. The number of carbonyl (C=O) groups excluding carboxylic acids is 1. The van der Waals surface area contributed by atoms with Gasteiger partial charge in [0.05, 0.1) is 11.6 Å². The fraction of sp³-hybridized carbons (Fsp3) is 0.500. The van der Waals surface area contributed by atoms with Crippen molar-refractivity contribution < 1.29 is 13.6 Å². The molecule has 1 fully saturated rings. The molecular weight excluding hydrogens is 282 g/mol. The van der Waals surface area contributed by atoms with Crippen molar-refractivity contribution in [3.8, 4) is 0 Å². The standard InChI is InChI=1S/C14H18F2N2OS/c1-20-5-2-12(17)13(19)18-14(3-4-14)9-6-10(15)8-11(16)7-9/h6-8,12H,2-5,17H2,1H3,(H,18,19)/t12-/m0/s1. The van der Waals surface area contributed by atoms with E-state index in [4.69, 9.17) is 5.73 Å². The van der Waals surface area contributed by atoms with E-state index < -0.39 is 23.2 Å². The lowest BCUT2D eigenvalue weighted by molar-refractivity contribution is -0.123. The SMILES string of the molecule is CSCC[C@H](N)C(=O)NC1(c2cc(F)cc(F)c2)CC1. The summed E-state index contributed by atoms with van der Waals surface area (Å²) >= 11 is 1.62. The minimum atomic E-state index is -0.642. The van der Waals surface area contributed by atoms with E-state index in [1.807, 2.05) is 6.26 Å². The summed E-state index contributed by atoms with van der Waals surface area (Å²) in [6.07, 6.45) is 3.89. The van der Waals surface area contributed by atoms with Gasteiger partial charge in [0.2, 0.25) is 5.91 Å². The first-order valence-corrected chi connectivity index (χ1v) is 7.89. The van der Waals surface area contributed by atoms with Crippen molar-refractivity contribution >= 4 is 17.7 Å². The highest BCUT2D eigenvalue weighted by atomic mass is 32.2. The molecule has 1 aromatic rings. The van der Waals surface area contributed by atoms with E-state index in [1.165, 1.54) is 12.1 Å². The zero-order valence-corrected chi connectivity index (χ0v) is 12.1. The normalized spacial score (nSPS) is 17.6. The third-order valence-electron chi connectivity index (χ3n) is 3.50. The number of benzene rings is 1. The molecule has 20 heavy (non-hydrogen) atoms. The molecule has 0 aliphatic heterocycles. The van der Waals surface area contributed by atoms with E-state index >= 15 is 0 Å². The molecule has 2 rings (SSSR count). The van der Waals surface area contributed by atoms with Gasteiger partial charge < -0.3 is 11.1 Å². The van der Waals surface area contributed by atoms with Gasteiger partial charge in [-0.25, -0.2) is 8.78 Å². The van der Waals surface area contributed by atoms with Crippen LogP contribution in [-0.4, -0.2) is 24.0 Å². The van der Waals surface area contributed by atoms with Gasteiger partial charge in [-0.15, -0.1) is 0 Å². The van der Waals surface area contributed by atoms with Gasteiger partial charge in [0.25, 0.3) is 0 Å². The molecule has 1 amide bonds. The first-order valence-electron chi connectivity index (χ1n) is 6.50. The zero-order valence-electron chi connectivity index (χ0n) is 11.3. The number of halogens is 2. The summed E-state index contributed by atoms with van der Waals surface area (Å²) in [5, 5.41) is 2.84. The Morgan fingerprint density at radius 3 is 2.50 bits per heavy atom. The number of nitrogens with one attached hydrogen (secondary N) is 1. The maximum Gasteiger partial charge on any atom is 0.237 e. The van der Waals surface area contributed by atoms with Gasteiger partial charge in [-0.2, -0.15) is 11.8 Å². The summed E-state index contributed by atoms with van der Waals surface area (Å²) in [5.74, 6) is -0.725. The van der Waals surface area contributed by atoms with Crippen LogP contribution in [0.4, 0.5) is 8.78 Å².